The van der Waals surface area contributed by atoms with E-state index in [1.54, 1.807) is 0 Å². The molecule has 0 fully saturated rings. The first-order chi connectivity index (χ1) is 6.91. The van der Waals surface area contributed by atoms with Gasteiger partial charge in [0.2, 0.25) is 5.91 Å². The molecule has 0 bridgehead atoms. The molecule has 0 radical (unpaired) electrons. The van der Waals surface area contributed by atoms with Crippen molar-refractivity contribution in [2.45, 2.75) is 6.92 Å². The van der Waals surface area contributed by atoms with E-state index in [1.807, 2.05) is 0 Å². The lowest BCUT2D eigenvalue weighted by atomic mass is 10.2. The third-order valence-corrected chi connectivity index (χ3v) is 2.51. The molecule has 2 N–H and O–H groups in total. The van der Waals surface area contributed by atoms with Crippen LogP contribution in [0.15, 0.2) is 16.6 Å². The summed E-state index contributed by atoms with van der Waals surface area (Å²) >= 11 is 8.95. The summed E-state index contributed by atoms with van der Waals surface area (Å²) in [5.74, 6) is -1.35. The maximum Gasteiger partial charge on any atom is 0.335 e. The number of anilines is 1. The lowest BCUT2D eigenvalue weighted by molar-refractivity contribution is -0.114. The van der Waals surface area contributed by atoms with Crippen LogP contribution in [-0.4, -0.2) is 17.0 Å². The van der Waals surface area contributed by atoms with E-state index in [-0.39, 0.29) is 16.5 Å². The Balaban J connectivity index is 3.21. The molecule has 0 aliphatic rings. The van der Waals surface area contributed by atoms with Crippen molar-refractivity contribution < 1.29 is 14.7 Å². The third kappa shape index (κ3) is 2.94. The van der Waals surface area contributed by atoms with Crippen LogP contribution in [0.2, 0.25) is 5.02 Å². The Hall–Kier alpha value is -1.07. The number of nitrogens with one attached hydrogen (secondary N) is 1. The Morgan fingerprint density at radius 3 is 2.47 bits per heavy atom. The Bertz CT molecular complexity index is 410. The van der Waals surface area contributed by atoms with Crippen LogP contribution in [0.1, 0.15) is 17.3 Å². The average Bonchev–Trinajstić information content (AvgIpc) is 2.10. The number of carboxylic acid groups (broad SMARTS) is 1. The fourth-order valence-electron chi connectivity index (χ4n) is 0.992. The molecule has 80 valence electrons. The quantitative estimate of drug-likeness (QED) is 0.881. The number of hydrogen-bond acceptors (Lipinski definition) is 2. The Morgan fingerprint density at radius 2 is 2.07 bits per heavy atom. The molecule has 0 aliphatic heterocycles. The highest BCUT2D eigenvalue weighted by molar-refractivity contribution is 9.10. The second-order valence-corrected chi connectivity index (χ2v) is 4.06. The average molecular weight is 293 g/mol. The normalized spacial score (nSPS) is 9.80. The minimum absolute atomic E-state index is 0.0565. The topological polar surface area (TPSA) is 66.4 Å². The first-order valence-electron chi connectivity index (χ1n) is 3.91. The Morgan fingerprint density at radius 1 is 1.47 bits per heavy atom. The fourth-order valence-corrected chi connectivity index (χ4v) is 1.93. The summed E-state index contributed by atoms with van der Waals surface area (Å²) in [5, 5.41) is 11.4. The van der Waals surface area contributed by atoms with Gasteiger partial charge in [-0.05, 0) is 28.1 Å². The minimum Gasteiger partial charge on any atom is -0.478 e. The van der Waals surface area contributed by atoms with E-state index in [9.17, 15) is 9.59 Å². The molecule has 0 unspecified atom stereocenters. The molecule has 0 aromatic heterocycles. The molecular weight excluding hydrogens is 285 g/mol. The van der Waals surface area contributed by atoms with Crippen LogP contribution in [0, 0.1) is 0 Å². The van der Waals surface area contributed by atoms with Crippen molar-refractivity contribution in [1.29, 1.82) is 0 Å². The van der Waals surface area contributed by atoms with E-state index in [4.69, 9.17) is 16.7 Å². The van der Waals surface area contributed by atoms with Gasteiger partial charge in [0.1, 0.15) is 0 Å². The summed E-state index contributed by atoms with van der Waals surface area (Å²) in [6, 6.07) is 2.65. The number of benzene rings is 1. The van der Waals surface area contributed by atoms with Crippen molar-refractivity contribution in [1.82, 2.24) is 0 Å². The van der Waals surface area contributed by atoms with Gasteiger partial charge < -0.3 is 10.4 Å². The van der Waals surface area contributed by atoms with E-state index in [2.05, 4.69) is 21.2 Å². The summed E-state index contributed by atoms with van der Waals surface area (Å²) < 4.78 is 0.433. The van der Waals surface area contributed by atoms with Crippen molar-refractivity contribution >= 4 is 45.1 Å². The SMILES string of the molecule is CC(=O)Nc1c(Cl)cc(C(=O)O)cc1Br. The van der Waals surface area contributed by atoms with Gasteiger partial charge in [0, 0.05) is 11.4 Å². The molecule has 0 saturated heterocycles. The monoisotopic (exact) mass is 291 g/mol. The number of carbonyl (C=O) groups is 2. The second kappa shape index (κ2) is 4.63. The zero-order valence-electron chi connectivity index (χ0n) is 7.67. The molecule has 1 rings (SSSR count). The van der Waals surface area contributed by atoms with E-state index in [1.165, 1.54) is 19.1 Å². The minimum atomic E-state index is -1.08. The lowest BCUT2D eigenvalue weighted by Crippen LogP contribution is -2.08. The summed E-state index contributed by atoms with van der Waals surface area (Å²) in [6.45, 7) is 1.34. The van der Waals surface area contributed by atoms with Crippen molar-refractivity contribution in [3.63, 3.8) is 0 Å². The molecule has 0 heterocycles. The highest BCUT2D eigenvalue weighted by Crippen LogP contribution is 2.32. The Kier molecular flexibility index (Phi) is 3.71. The van der Waals surface area contributed by atoms with Crippen LogP contribution in [0.4, 0.5) is 5.69 Å². The largest absolute Gasteiger partial charge is 0.478 e. The van der Waals surface area contributed by atoms with E-state index in [0.29, 0.717) is 10.2 Å². The van der Waals surface area contributed by atoms with Crippen LogP contribution >= 0.6 is 27.5 Å². The van der Waals surface area contributed by atoms with Crippen LogP contribution in [0.5, 0.6) is 0 Å². The Labute approximate surface area is 99.4 Å². The zero-order valence-corrected chi connectivity index (χ0v) is 10.0. The number of rotatable bonds is 2. The molecule has 4 nitrogen and oxygen atoms in total. The van der Waals surface area contributed by atoms with Crippen LogP contribution in [0.3, 0.4) is 0 Å². The lowest BCUT2D eigenvalue weighted by Gasteiger charge is -2.08. The fraction of sp³-hybridized carbons (Fsp3) is 0.111. The van der Waals surface area contributed by atoms with Gasteiger partial charge in [0.05, 0.1) is 16.3 Å². The third-order valence-electron chi connectivity index (χ3n) is 1.59. The molecule has 6 heteroatoms. The van der Waals surface area contributed by atoms with Gasteiger partial charge >= 0.3 is 5.97 Å². The van der Waals surface area contributed by atoms with Gasteiger partial charge in [-0.2, -0.15) is 0 Å². The first kappa shape index (κ1) is 12.0. The molecule has 15 heavy (non-hydrogen) atoms. The first-order valence-corrected chi connectivity index (χ1v) is 5.09. The van der Waals surface area contributed by atoms with E-state index < -0.39 is 5.97 Å². The number of halogens is 2. The number of carbonyl (C=O) groups excluding carboxylic acids is 1. The number of hydrogen-bond donors (Lipinski definition) is 2. The van der Waals surface area contributed by atoms with Crippen LogP contribution in [0.25, 0.3) is 0 Å². The van der Waals surface area contributed by atoms with E-state index in [0.717, 1.165) is 0 Å². The van der Waals surface area contributed by atoms with Crippen molar-refractivity contribution in [3.05, 3.63) is 27.2 Å². The summed E-state index contributed by atoms with van der Waals surface area (Å²) in [7, 11) is 0. The molecular formula is C9H7BrClNO3. The molecule has 0 atom stereocenters. The molecule has 1 amide bonds. The molecule has 0 spiro atoms. The van der Waals surface area contributed by atoms with Crippen molar-refractivity contribution in [2.75, 3.05) is 5.32 Å². The molecule has 1 aromatic rings. The van der Waals surface area contributed by atoms with Gasteiger partial charge in [0.25, 0.3) is 0 Å². The summed E-state index contributed by atoms with van der Waals surface area (Å²) in [6.07, 6.45) is 0. The van der Waals surface area contributed by atoms with Gasteiger partial charge in [-0.1, -0.05) is 11.6 Å². The maximum atomic E-state index is 10.8. The standard InChI is InChI=1S/C9H7BrClNO3/c1-4(13)12-8-6(10)2-5(9(14)15)3-7(8)11/h2-3H,1H3,(H,12,13)(H,14,15). The van der Waals surface area contributed by atoms with Gasteiger partial charge in [0.15, 0.2) is 0 Å². The number of carboxylic acids is 1. The predicted molar refractivity (Wildman–Crippen MR) is 60.4 cm³/mol. The van der Waals surface area contributed by atoms with Crippen LogP contribution < -0.4 is 5.32 Å². The smallest absolute Gasteiger partial charge is 0.335 e. The maximum absolute atomic E-state index is 10.8. The molecule has 0 aliphatic carbocycles. The van der Waals surface area contributed by atoms with Crippen molar-refractivity contribution in [3.8, 4) is 0 Å². The zero-order chi connectivity index (χ0) is 11.6. The van der Waals surface area contributed by atoms with Gasteiger partial charge in [-0.25, -0.2) is 4.79 Å². The summed E-state index contributed by atoms with van der Waals surface area (Å²) in [4.78, 5) is 21.5. The second-order valence-electron chi connectivity index (χ2n) is 2.80. The van der Waals surface area contributed by atoms with Gasteiger partial charge in [-0.15, -0.1) is 0 Å². The summed E-state index contributed by atoms with van der Waals surface area (Å²) in [5.41, 5.74) is 0.426. The molecule has 1 aromatic carbocycles. The number of aromatic carboxylic acids is 1. The molecule has 0 saturated carbocycles. The highest BCUT2D eigenvalue weighted by Gasteiger charge is 2.12. The highest BCUT2D eigenvalue weighted by atomic mass is 79.9. The number of amides is 1. The van der Waals surface area contributed by atoms with E-state index >= 15 is 0 Å². The van der Waals surface area contributed by atoms with Crippen molar-refractivity contribution in [2.24, 2.45) is 0 Å². The van der Waals surface area contributed by atoms with Gasteiger partial charge in [-0.3, -0.25) is 4.79 Å². The van der Waals surface area contributed by atoms with Crippen LogP contribution in [-0.2, 0) is 4.79 Å². The predicted octanol–water partition coefficient (Wildman–Crippen LogP) is 2.76.